The van der Waals surface area contributed by atoms with Crippen LogP contribution in [0, 0.1) is 0 Å². The molecule has 0 aliphatic heterocycles. The van der Waals surface area contributed by atoms with Crippen LogP contribution in [0.25, 0.3) is 11.3 Å². The third-order valence-electron chi connectivity index (χ3n) is 4.33. The number of aromatic amines is 1. The van der Waals surface area contributed by atoms with Gasteiger partial charge in [-0.05, 0) is 30.8 Å². The summed E-state index contributed by atoms with van der Waals surface area (Å²) in [5, 5.41) is 9.99. The Bertz CT molecular complexity index is 857. The largest absolute Gasteiger partial charge is 0.347 e. The monoisotopic (exact) mass is 348 g/mol. The van der Waals surface area contributed by atoms with Crippen molar-refractivity contribution < 1.29 is 4.79 Å². The van der Waals surface area contributed by atoms with E-state index in [4.69, 9.17) is 0 Å². The van der Waals surface area contributed by atoms with Gasteiger partial charge in [-0.1, -0.05) is 61.5 Å². The van der Waals surface area contributed by atoms with Gasteiger partial charge in [-0.15, -0.1) is 0 Å². The van der Waals surface area contributed by atoms with Gasteiger partial charge in [0.05, 0.1) is 5.69 Å². The predicted octanol–water partition coefficient (Wildman–Crippen LogP) is 3.46. The van der Waals surface area contributed by atoms with Gasteiger partial charge in [-0.25, -0.2) is 0 Å². The minimum Gasteiger partial charge on any atom is -0.347 e. The normalized spacial score (nSPS) is 10.9. The molecule has 0 bridgehead atoms. The highest BCUT2D eigenvalue weighted by Gasteiger charge is 2.11. The molecule has 0 spiro atoms. The zero-order valence-corrected chi connectivity index (χ0v) is 15.2. The van der Waals surface area contributed by atoms with Gasteiger partial charge in [-0.2, -0.15) is 5.10 Å². The molecule has 0 aliphatic carbocycles. The van der Waals surface area contributed by atoms with Gasteiger partial charge in [0.2, 0.25) is 0 Å². The van der Waals surface area contributed by atoms with E-state index in [-0.39, 0.29) is 5.91 Å². The molecule has 1 aromatic heterocycles. The molecule has 0 atom stereocenters. The second kappa shape index (κ2) is 8.45. The molecule has 0 aliphatic rings. The summed E-state index contributed by atoms with van der Waals surface area (Å²) >= 11 is 0. The number of hydrogen-bond acceptors (Lipinski definition) is 3. The summed E-state index contributed by atoms with van der Waals surface area (Å²) in [4.78, 5) is 14.6. The molecule has 0 saturated heterocycles. The quantitative estimate of drug-likeness (QED) is 0.687. The number of benzene rings is 2. The van der Waals surface area contributed by atoms with Gasteiger partial charge in [0.25, 0.3) is 5.91 Å². The van der Waals surface area contributed by atoms with Crippen LogP contribution < -0.4 is 5.32 Å². The van der Waals surface area contributed by atoms with E-state index in [1.165, 1.54) is 5.56 Å². The molecule has 3 aromatic rings. The molecule has 2 N–H and O–H groups in total. The van der Waals surface area contributed by atoms with Crippen molar-refractivity contribution in [2.24, 2.45) is 0 Å². The van der Waals surface area contributed by atoms with E-state index < -0.39 is 0 Å². The topological polar surface area (TPSA) is 61.0 Å². The first-order valence-electron chi connectivity index (χ1n) is 8.81. The third-order valence-corrected chi connectivity index (χ3v) is 4.33. The lowest BCUT2D eigenvalue weighted by Crippen LogP contribution is -2.23. The Balaban J connectivity index is 1.61. The first-order chi connectivity index (χ1) is 12.7. The first kappa shape index (κ1) is 17.9. The Labute approximate surface area is 154 Å². The molecule has 3 rings (SSSR count). The van der Waals surface area contributed by atoms with E-state index in [1.807, 2.05) is 42.5 Å². The Morgan fingerprint density at radius 1 is 1.08 bits per heavy atom. The molecule has 134 valence electrons. The van der Waals surface area contributed by atoms with Gasteiger partial charge >= 0.3 is 0 Å². The van der Waals surface area contributed by atoms with Gasteiger partial charge < -0.3 is 10.2 Å². The Hall–Kier alpha value is -2.92. The summed E-state index contributed by atoms with van der Waals surface area (Å²) in [6, 6.07) is 19.9. The molecular formula is C21H24N4O. The van der Waals surface area contributed by atoms with Gasteiger partial charge in [-0.3, -0.25) is 9.89 Å². The van der Waals surface area contributed by atoms with Crippen molar-refractivity contribution in [1.82, 2.24) is 20.4 Å². The number of carbonyl (C=O) groups excluding carboxylic acids is 1. The molecule has 0 unspecified atom stereocenters. The second-order valence-electron chi connectivity index (χ2n) is 6.37. The highest BCUT2D eigenvalue weighted by molar-refractivity contribution is 5.93. The summed E-state index contributed by atoms with van der Waals surface area (Å²) in [6.07, 6.45) is 0. The summed E-state index contributed by atoms with van der Waals surface area (Å²) in [7, 11) is 2.09. The molecule has 1 heterocycles. The number of carbonyl (C=O) groups is 1. The average molecular weight is 348 g/mol. The highest BCUT2D eigenvalue weighted by Crippen LogP contribution is 2.17. The van der Waals surface area contributed by atoms with Crippen LogP contribution in [0.1, 0.15) is 28.5 Å². The van der Waals surface area contributed by atoms with Crippen LogP contribution in [0.15, 0.2) is 60.7 Å². The number of H-pyrrole nitrogens is 1. The minimum atomic E-state index is -0.157. The summed E-state index contributed by atoms with van der Waals surface area (Å²) in [6.45, 7) is 4.53. The molecule has 26 heavy (non-hydrogen) atoms. The van der Waals surface area contributed by atoms with E-state index in [2.05, 4.69) is 46.5 Å². The molecule has 0 radical (unpaired) electrons. The van der Waals surface area contributed by atoms with Crippen molar-refractivity contribution in [2.75, 3.05) is 13.6 Å². The van der Waals surface area contributed by atoms with Gasteiger partial charge in [0.1, 0.15) is 5.69 Å². The lowest BCUT2D eigenvalue weighted by atomic mass is 10.1. The molecular weight excluding hydrogens is 324 g/mol. The zero-order chi connectivity index (χ0) is 18.4. The molecule has 5 heteroatoms. The number of rotatable bonds is 7. The number of nitrogens with one attached hydrogen (secondary N) is 2. The maximum absolute atomic E-state index is 12.4. The summed E-state index contributed by atoms with van der Waals surface area (Å²) in [5.74, 6) is -0.157. The van der Waals surface area contributed by atoms with Gasteiger partial charge in [0, 0.05) is 18.7 Å². The molecule has 2 aromatic carbocycles. The molecule has 1 amide bonds. The smallest absolute Gasteiger partial charge is 0.269 e. The SMILES string of the molecule is CCN(C)Cc1cccc(CNC(=O)c2cc(-c3ccccc3)n[nH]2)c1. The summed E-state index contributed by atoms with van der Waals surface area (Å²) in [5.41, 5.74) is 4.54. The van der Waals surface area contributed by atoms with Gasteiger partial charge in [0.15, 0.2) is 0 Å². The molecule has 5 nitrogen and oxygen atoms in total. The highest BCUT2D eigenvalue weighted by atomic mass is 16.1. The van der Waals surface area contributed by atoms with E-state index >= 15 is 0 Å². The number of hydrogen-bond donors (Lipinski definition) is 2. The number of aromatic nitrogens is 2. The van der Waals surface area contributed by atoms with Crippen LogP contribution >= 0.6 is 0 Å². The predicted molar refractivity (Wildman–Crippen MR) is 104 cm³/mol. The van der Waals surface area contributed by atoms with Crippen LogP contribution in [-0.4, -0.2) is 34.6 Å². The fraction of sp³-hybridized carbons (Fsp3) is 0.238. The Morgan fingerprint density at radius 3 is 2.62 bits per heavy atom. The zero-order valence-electron chi connectivity index (χ0n) is 15.2. The van der Waals surface area contributed by atoms with Crippen molar-refractivity contribution in [3.8, 4) is 11.3 Å². The second-order valence-corrected chi connectivity index (χ2v) is 6.37. The van der Waals surface area contributed by atoms with E-state index in [1.54, 1.807) is 6.07 Å². The standard InChI is InChI=1S/C21H24N4O/c1-3-25(2)15-17-9-7-8-16(12-17)14-22-21(26)20-13-19(23-24-20)18-10-5-4-6-11-18/h4-13H,3,14-15H2,1-2H3,(H,22,26)(H,23,24). The van der Waals surface area contributed by atoms with E-state index in [0.717, 1.165) is 29.9 Å². The fourth-order valence-electron chi connectivity index (χ4n) is 2.73. The van der Waals surface area contributed by atoms with Crippen LogP contribution in [0.2, 0.25) is 0 Å². The Morgan fingerprint density at radius 2 is 1.85 bits per heavy atom. The molecule has 0 saturated carbocycles. The number of nitrogens with zero attached hydrogens (tertiary/aromatic N) is 2. The first-order valence-corrected chi connectivity index (χ1v) is 8.81. The van der Waals surface area contributed by atoms with Crippen molar-refractivity contribution in [1.29, 1.82) is 0 Å². The van der Waals surface area contributed by atoms with Crippen molar-refractivity contribution in [3.63, 3.8) is 0 Å². The van der Waals surface area contributed by atoms with Crippen LogP contribution in [-0.2, 0) is 13.1 Å². The van der Waals surface area contributed by atoms with Crippen molar-refractivity contribution >= 4 is 5.91 Å². The average Bonchev–Trinajstić information content (AvgIpc) is 3.17. The maximum atomic E-state index is 12.4. The summed E-state index contributed by atoms with van der Waals surface area (Å²) < 4.78 is 0. The number of amides is 1. The fourth-order valence-corrected chi connectivity index (χ4v) is 2.73. The Kier molecular flexibility index (Phi) is 5.81. The lowest BCUT2D eigenvalue weighted by molar-refractivity contribution is 0.0946. The van der Waals surface area contributed by atoms with Crippen molar-refractivity contribution in [3.05, 3.63) is 77.5 Å². The lowest BCUT2D eigenvalue weighted by Gasteiger charge is -2.14. The minimum absolute atomic E-state index is 0.157. The van der Waals surface area contributed by atoms with Crippen LogP contribution in [0.3, 0.4) is 0 Å². The van der Waals surface area contributed by atoms with Crippen LogP contribution in [0.5, 0.6) is 0 Å². The van der Waals surface area contributed by atoms with Crippen molar-refractivity contribution in [2.45, 2.75) is 20.0 Å². The van der Waals surface area contributed by atoms with Crippen LogP contribution in [0.4, 0.5) is 0 Å². The maximum Gasteiger partial charge on any atom is 0.269 e. The van der Waals surface area contributed by atoms with E-state index in [0.29, 0.717) is 12.2 Å². The molecule has 0 fully saturated rings. The van der Waals surface area contributed by atoms with E-state index in [9.17, 15) is 4.79 Å². The third kappa shape index (κ3) is 4.58.